The molecule has 2 unspecified atom stereocenters. The Hall–Kier alpha value is -0.250. The molecule has 5 heteroatoms. The third-order valence-electron chi connectivity index (χ3n) is 3.17. The lowest BCUT2D eigenvalue weighted by atomic mass is 9.95. The minimum atomic E-state index is -0.154. The zero-order valence-electron chi connectivity index (χ0n) is 9.76. The van der Waals surface area contributed by atoms with Gasteiger partial charge in [0.1, 0.15) is 0 Å². The van der Waals surface area contributed by atoms with Crippen LogP contribution in [0.25, 0.3) is 0 Å². The number of benzene rings is 1. The van der Waals surface area contributed by atoms with Crippen molar-refractivity contribution >= 4 is 45.0 Å². The van der Waals surface area contributed by atoms with Crippen molar-refractivity contribution in [3.63, 3.8) is 0 Å². The molecule has 1 amide bonds. The smallest absolute Gasteiger partial charge is 0.253 e. The second-order valence-corrected chi connectivity index (χ2v) is 6.52. The van der Waals surface area contributed by atoms with E-state index in [9.17, 15) is 4.79 Å². The number of nitrogens with one attached hydrogen (secondary N) is 1. The molecule has 0 aliphatic heterocycles. The minimum Gasteiger partial charge on any atom is -0.348 e. The lowest BCUT2D eigenvalue weighted by molar-refractivity contribution is 0.0930. The number of carbonyl (C=O) groups excluding carboxylic acids is 1. The first-order valence-electron chi connectivity index (χ1n) is 5.98. The van der Waals surface area contributed by atoms with Crippen LogP contribution in [0.2, 0.25) is 10.0 Å². The van der Waals surface area contributed by atoms with Crippen LogP contribution in [-0.4, -0.2) is 16.8 Å². The molecule has 0 heterocycles. The van der Waals surface area contributed by atoms with E-state index in [4.69, 9.17) is 23.2 Å². The first-order valence-corrected chi connectivity index (χ1v) is 7.65. The molecule has 2 atom stereocenters. The molecule has 2 nitrogen and oxygen atoms in total. The lowest BCUT2D eigenvalue weighted by Crippen LogP contribution is -2.42. The number of carbonyl (C=O) groups is 1. The molecule has 2 rings (SSSR count). The third kappa shape index (κ3) is 3.40. The highest BCUT2D eigenvalue weighted by Crippen LogP contribution is 2.26. The van der Waals surface area contributed by atoms with Crippen molar-refractivity contribution in [1.82, 2.24) is 5.32 Å². The van der Waals surface area contributed by atoms with E-state index in [1.807, 2.05) is 0 Å². The van der Waals surface area contributed by atoms with Crippen LogP contribution in [0.1, 0.15) is 36.0 Å². The first kappa shape index (κ1) is 14.2. The van der Waals surface area contributed by atoms with Crippen molar-refractivity contribution in [2.45, 2.75) is 36.6 Å². The fourth-order valence-electron chi connectivity index (χ4n) is 2.17. The summed E-state index contributed by atoms with van der Waals surface area (Å²) in [6.45, 7) is 0. The number of hydrogen-bond donors (Lipinski definition) is 1. The summed E-state index contributed by atoms with van der Waals surface area (Å²) in [7, 11) is 0. The Balaban J connectivity index is 2.09. The summed E-state index contributed by atoms with van der Waals surface area (Å²) in [6.07, 6.45) is 4.45. The molecule has 0 saturated heterocycles. The molecule has 1 fully saturated rings. The van der Waals surface area contributed by atoms with Crippen molar-refractivity contribution in [2.24, 2.45) is 0 Å². The van der Waals surface area contributed by atoms with E-state index < -0.39 is 0 Å². The van der Waals surface area contributed by atoms with Gasteiger partial charge in [-0.2, -0.15) is 0 Å². The number of halogens is 3. The predicted molar refractivity (Wildman–Crippen MR) is 78.9 cm³/mol. The SMILES string of the molecule is O=C(NC1CCCCC1Br)c1cc(Cl)ccc1Cl. The Bertz CT molecular complexity index is 453. The topological polar surface area (TPSA) is 29.1 Å². The molecular formula is C13H14BrCl2NO. The summed E-state index contributed by atoms with van der Waals surface area (Å²) in [5, 5.41) is 3.97. The van der Waals surface area contributed by atoms with Crippen LogP contribution in [0, 0.1) is 0 Å². The summed E-state index contributed by atoms with van der Waals surface area (Å²) in [5.41, 5.74) is 0.439. The van der Waals surface area contributed by atoms with E-state index in [0.717, 1.165) is 19.3 Å². The van der Waals surface area contributed by atoms with Gasteiger partial charge in [-0.25, -0.2) is 0 Å². The van der Waals surface area contributed by atoms with Crippen LogP contribution in [0.15, 0.2) is 18.2 Å². The van der Waals surface area contributed by atoms with Crippen LogP contribution in [0.4, 0.5) is 0 Å². The Morgan fingerprint density at radius 2 is 2.00 bits per heavy atom. The van der Waals surface area contributed by atoms with Crippen LogP contribution in [-0.2, 0) is 0 Å². The fraction of sp³-hybridized carbons (Fsp3) is 0.462. The fourth-order valence-corrected chi connectivity index (χ4v) is 3.26. The van der Waals surface area contributed by atoms with Crippen molar-refractivity contribution in [1.29, 1.82) is 0 Å². The van der Waals surface area contributed by atoms with Crippen molar-refractivity contribution in [3.8, 4) is 0 Å². The van der Waals surface area contributed by atoms with Gasteiger partial charge in [0.25, 0.3) is 5.91 Å². The monoisotopic (exact) mass is 349 g/mol. The second kappa shape index (κ2) is 6.27. The highest BCUT2D eigenvalue weighted by Gasteiger charge is 2.25. The van der Waals surface area contributed by atoms with Gasteiger partial charge in [0.05, 0.1) is 10.6 Å². The predicted octanol–water partition coefficient (Wildman–Crippen LogP) is 4.43. The summed E-state index contributed by atoms with van der Waals surface area (Å²) in [4.78, 5) is 12.5. The summed E-state index contributed by atoms with van der Waals surface area (Å²) in [6, 6.07) is 5.09. The van der Waals surface area contributed by atoms with Gasteiger partial charge in [-0.1, -0.05) is 52.0 Å². The highest BCUT2D eigenvalue weighted by molar-refractivity contribution is 9.09. The van der Waals surface area contributed by atoms with Gasteiger partial charge in [0, 0.05) is 15.9 Å². The van der Waals surface area contributed by atoms with Gasteiger partial charge in [0.15, 0.2) is 0 Å². The molecule has 1 aliphatic carbocycles. The Labute approximate surface area is 125 Å². The van der Waals surface area contributed by atoms with Crippen LogP contribution in [0.3, 0.4) is 0 Å². The molecule has 0 spiro atoms. The van der Waals surface area contributed by atoms with E-state index in [-0.39, 0.29) is 11.9 Å². The Morgan fingerprint density at radius 1 is 1.28 bits per heavy atom. The van der Waals surface area contributed by atoms with Crippen LogP contribution in [0.5, 0.6) is 0 Å². The number of rotatable bonds is 2. The molecule has 18 heavy (non-hydrogen) atoms. The summed E-state index contributed by atoms with van der Waals surface area (Å²) < 4.78 is 0. The third-order valence-corrected chi connectivity index (χ3v) is 4.83. The Morgan fingerprint density at radius 3 is 2.72 bits per heavy atom. The van der Waals surface area contributed by atoms with E-state index in [2.05, 4.69) is 21.2 Å². The van der Waals surface area contributed by atoms with Gasteiger partial charge in [0.2, 0.25) is 0 Å². The van der Waals surface area contributed by atoms with E-state index in [1.54, 1.807) is 18.2 Å². The van der Waals surface area contributed by atoms with Crippen LogP contribution >= 0.6 is 39.1 Å². The maximum absolute atomic E-state index is 12.2. The lowest BCUT2D eigenvalue weighted by Gasteiger charge is -2.28. The largest absolute Gasteiger partial charge is 0.348 e. The number of amides is 1. The zero-order valence-corrected chi connectivity index (χ0v) is 12.9. The van der Waals surface area contributed by atoms with Gasteiger partial charge in [-0.3, -0.25) is 4.79 Å². The molecule has 0 aromatic heterocycles. The Kier molecular flexibility index (Phi) is 4.93. The second-order valence-electron chi connectivity index (χ2n) is 4.50. The molecule has 1 aliphatic rings. The van der Waals surface area contributed by atoms with Gasteiger partial charge in [-0.05, 0) is 31.0 Å². The molecule has 1 saturated carbocycles. The standard InChI is InChI=1S/C13H14BrCl2NO/c14-10-3-1-2-4-12(10)17-13(18)9-7-8(15)5-6-11(9)16/h5-7,10,12H,1-4H2,(H,17,18). The minimum absolute atomic E-state index is 0.154. The first-order chi connectivity index (χ1) is 8.58. The van der Waals surface area contributed by atoms with Crippen LogP contribution < -0.4 is 5.32 Å². The highest BCUT2D eigenvalue weighted by atomic mass is 79.9. The number of alkyl halides is 1. The molecule has 0 radical (unpaired) electrons. The maximum Gasteiger partial charge on any atom is 0.253 e. The molecule has 1 aromatic rings. The van der Waals surface area contributed by atoms with E-state index in [0.29, 0.717) is 20.4 Å². The molecule has 0 bridgehead atoms. The quantitative estimate of drug-likeness (QED) is 0.785. The van der Waals surface area contributed by atoms with Crippen molar-refractivity contribution < 1.29 is 4.79 Å². The average Bonchev–Trinajstić information content (AvgIpc) is 2.35. The van der Waals surface area contributed by atoms with E-state index in [1.165, 1.54) is 6.42 Å². The maximum atomic E-state index is 12.2. The van der Waals surface area contributed by atoms with Gasteiger partial charge >= 0.3 is 0 Å². The molecule has 1 N–H and O–H groups in total. The normalized spacial score (nSPS) is 23.7. The molecular weight excluding hydrogens is 337 g/mol. The molecule has 98 valence electrons. The molecule has 1 aromatic carbocycles. The average molecular weight is 351 g/mol. The summed E-state index contributed by atoms with van der Waals surface area (Å²) in [5.74, 6) is -0.154. The van der Waals surface area contributed by atoms with Crippen molar-refractivity contribution in [2.75, 3.05) is 0 Å². The zero-order chi connectivity index (χ0) is 13.1. The van der Waals surface area contributed by atoms with E-state index >= 15 is 0 Å². The van der Waals surface area contributed by atoms with Gasteiger partial charge in [-0.15, -0.1) is 0 Å². The summed E-state index contributed by atoms with van der Waals surface area (Å²) >= 11 is 15.5. The van der Waals surface area contributed by atoms with Gasteiger partial charge < -0.3 is 5.32 Å². The number of hydrogen-bond acceptors (Lipinski definition) is 1. The van der Waals surface area contributed by atoms with Crippen molar-refractivity contribution in [3.05, 3.63) is 33.8 Å².